The van der Waals surface area contributed by atoms with Crippen molar-refractivity contribution in [3.63, 3.8) is 0 Å². The average molecular weight is 446 g/mol. The first-order valence-corrected chi connectivity index (χ1v) is 11.8. The number of likely N-dealkylation sites (N-methyl/N-ethyl adjacent to an activating group) is 1. The van der Waals surface area contributed by atoms with E-state index in [-0.39, 0.29) is 29.1 Å². The summed E-state index contributed by atoms with van der Waals surface area (Å²) in [6.45, 7) is 6.59. The Morgan fingerprint density at radius 1 is 1.09 bits per heavy atom. The number of hydrogen-bond acceptors (Lipinski definition) is 5. The van der Waals surface area contributed by atoms with Crippen molar-refractivity contribution in [3.8, 4) is 0 Å². The van der Waals surface area contributed by atoms with E-state index in [0.717, 1.165) is 64.1 Å². The molecule has 3 fully saturated rings. The first kappa shape index (κ1) is 23.0. The summed E-state index contributed by atoms with van der Waals surface area (Å²) in [7, 11) is 3.81. The van der Waals surface area contributed by atoms with Gasteiger partial charge in [0.15, 0.2) is 0 Å². The number of carbonyl (C=O) groups excluding carboxylic acids is 2. The predicted molar refractivity (Wildman–Crippen MR) is 123 cm³/mol. The molecular formula is C24H36FN5O2. The van der Waals surface area contributed by atoms with Crippen molar-refractivity contribution in [1.82, 2.24) is 20.0 Å². The van der Waals surface area contributed by atoms with Crippen LogP contribution in [0.1, 0.15) is 25.7 Å². The van der Waals surface area contributed by atoms with Crippen LogP contribution in [0.4, 0.5) is 10.1 Å². The standard InChI is InChI=1S/C24H36FN5O2/c1-27(2)18-22(31)30-11-8-24(9-12-30)17-20(26-23(24)32)7-10-28-13-15-29(16-14-28)21-5-3-19(25)4-6-21/h3-6,20H,7-18H2,1-2H3,(H,26,32)/t20-/m0/s1. The third-order valence-corrected chi connectivity index (χ3v) is 7.34. The second-order valence-corrected chi connectivity index (χ2v) is 9.87. The number of likely N-dealkylation sites (tertiary alicyclic amines) is 1. The molecule has 0 bridgehead atoms. The van der Waals surface area contributed by atoms with Crippen LogP contribution in [-0.2, 0) is 9.59 Å². The van der Waals surface area contributed by atoms with Gasteiger partial charge in [0, 0.05) is 57.5 Å². The molecule has 3 aliphatic heterocycles. The van der Waals surface area contributed by atoms with Crippen molar-refractivity contribution in [3.05, 3.63) is 30.1 Å². The van der Waals surface area contributed by atoms with E-state index >= 15 is 0 Å². The summed E-state index contributed by atoms with van der Waals surface area (Å²) in [6, 6.07) is 6.95. The topological polar surface area (TPSA) is 59.1 Å². The molecule has 176 valence electrons. The van der Waals surface area contributed by atoms with Gasteiger partial charge in [0.1, 0.15) is 5.82 Å². The molecule has 1 spiro atoms. The van der Waals surface area contributed by atoms with Crippen molar-refractivity contribution in [2.24, 2.45) is 5.41 Å². The van der Waals surface area contributed by atoms with E-state index in [1.165, 1.54) is 12.1 Å². The van der Waals surface area contributed by atoms with Gasteiger partial charge in [-0.15, -0.1) is 0 Å². The molecule has 32 heavy (non-hydrogen) atoms. The number of amides is 2. The molecule has 3 heterocycles. The van der Waals surface area contributed by atoms with Crippen molar-refractivity contribution in [2.75, 3.05) is 71.4 Å². The molecule has 0 radical (unpaired) electrons. The number of nitrogens with one attached hydrogen (secondary N) is 1. The molecule has 1 aromatic carbocycles. The number of benzene rings is 1. The molecule has 0 saturated carbocycles. The first-order valence-electron chi connectivity index (χ1n) is 11.8. The van der Waals surface area contributed by atoms with E-state index in [0.29, 0.717) is 19.6 Å². The molecule has 1 aromatic rings. The zero-order valence-electron chi connectivity index (χ0n) is 19.4. The van der Waals surface area contributed by atoms with Crippen molar-refractivity contribution < 1.29 is 14.0 Å². The third kappa shape index (κ3) is 5.23. The maximum absolute atomic E-state index is 13.1. The summed E-state index contributed by atoms with van der Waals surface area (Å²) in [5.41, 5.74) is 0.785. The summed E-state index contributed by atoms with van der Waals surface area (Å²) in [5, 5.41) is 3.25. The quantitative estimate of drug-likeness (QED) is 0.717. The second kappa shape index (κ2) is 9.75. The highest BCUT2D eigenvalue weighted by atomic mass is 19.1. The molecular weight excluding hydrogens is 409 g/mol. The zero-order valence-corrected chi connectivity index (χ0v) is 19.4. The van der Waals surface area contributed by atoms with E-state index < -0.39 is 0 Å². The predicted octanol–water partition coefficient (Wildman–Crippen LogP) is 1.40. The van der Waals surface area contributed by atoms with Crippen LogP contribution in [0.15, 0.2) is 24.3 Å². The molecule has 1 atom stereocenters. The van der Waals surface area contributed by atoms with Crippen LogP contribution in [0.2, 0.25) is 0 Å². The summed E-state index contributed by atoms with van der Waals surface area (Å²) < 4.78 is 13.1. The normalized spacial score (nSPS) is 23.8. The monoisotopic (exact) mass is 445 g/mol. The van der Waals surface area contributed by atoms with Gasteiger partial charge < -0.3 is 20.0 Å². The number of nitrogens with zero attached hydrogens (tertiary/aromatic N) is 4. The van der Waals surface area contributed by atoms with Crippen LogP contribution in [0.3, 0.4) is 0 Å². The summed E-state index contributed by atoms with van der Waals surface area (Å²) in [6.07, 6.45) is 3.39. The Bertz CT molecular complexity index is 799. The fraction of sp³-hybridized carbons (Fsp3) is 0.667. The minimum atomic E-state index is -0.291. The maximum atomic E-state index is 13.1. The summed E-state index contributed by atoms with van der Waals surface area (Å²) in [4.78, 5) is 33.7. The fourth-order valence-corrected chi connectivity index (χ4v) is 5.33. The van der Waals surface area contributed by atoms with Crippen LogP contribution >= 0.6 is 0 Å². The van der Waals surface area contributed by atoms with Gasteiger partial charge in [-0.1, -0.05) is 0 Å². The van der Waals surface area contributed by atoms with E-state index in [1.807, 2.05) is 36.0 Å². The van der Waals surface area contributed by atoms with E-state index in [9.17, 15) is 14.0 Å². The van der Waals surface area contributed by atoms with Gasteiger partial charge in [0.25, 0.3) is 0 Å². The smallest absolute Gasteiger partial charge is 0.236 e. The third-order valence-electron chi connectivity index (χ3n) is 7.34. The Kier molecular flexibility index (Phi) is 7.00. The van der Waals surface area contributed by atoms with E-state index in [1.54, 1.807) is 0 Å². The lowest BCUT2D eigenvalue weighted by atomic mass is 9.75. The maximum Gasteiger partial charge on any atom is 0.236 e. The van der Waals surface area contributed by atoms with Gasteiger partial charge in [-0.05, 0) is 64.0 Å². The van der Waals surface area contributed by atoms with Crippen LogP contribution in [0.5, 0.6) is 0 Å². The molecule has 8 heteroatoms. The van der Waals surface area contributed by atoms with Gasteiger partial charge in [-0.2, -0.15) is 0 Å². The lowest BCUT2D eigenvalue weighted by Gasteiger charge is -2.38. The SMILES string of the molecule is CN(C)CC(=O)N1CCC2(CC1)C[C@H](CCN1CCN(c3ccc(F)cc3)CC1)NC2=O. The minimum absolute atomic E-state index is 0.152. The Hall–Kier alpha value is -2.19. The number of halogens is 1. The van der Waals surface area contributed by atoms with Crippen LogP contribution in [0.25, 0.3) is 0 Å². The molecule has 0 aliphatic carbocycles. The summed E-state index contributed by atoms with van der Waals surface area (Å²) >= 11 is 0. The van der Waals surface area contributed by atoms with Gasteiger partial charge in [0.2, 0.25) is 11.8 Å². The Morgan fingerprint density at radius 2 is 1.75 bits per heavy atom. The second-order valence-electron chi connectivity index (χ2n) is 9.87. The van der Waals surface area contributed by atoms with Crippen LogP contribution in [0, 0.1) is 11.2 Å². The Balaban J connectivity index is 1.20. The Labute approximate surface area is 190 Å². The van der Waals surface area contributed by atoms with Gasteiger partial charge >= 0.3 is 0 Å². The number of carbonyl (C=O) groups is 2. The summed E-state index contributed by atoms with van der Waals surface area (Å²) in [5.74, 6) is 0.137. The first-order chi connectivity index (χ1) is 15.3. The highest BCUT2D eigenvalue weighted by Crippen LogP contribution is 2.41. The number of hydrogen-bond donors (Lipinski definition) is 1. The minimum Gasteiger partial charge on any atom is -0.369 e. The van der Waals surface area contributed by atoms with Gasteiger partial charge in [-0.25, -0.2) is 4.39 Å². The molecule has 0 unspecified atom stereocenters. The van der Waals surface area contributed by atoms with E-state index in [2.05, 4.69) is 15.1 Å². The van der Waals surface area contributed by atoms with Crippen molar-refractivity contribution in [1.29, 1.82) is 0 Å². The van der Waals surface area contributed by atoms with Crippen LogP contribution < -0.4 is 10.2 Å². The fourth-order valence-electron chi connectivity index (χ4n) is 5.33. The molecule has 3 aliphatic rings. The average Bonchev–Trinajstić information content (AvgIpc) is 3.08. The zero-order chi connectivity index (χ0) is 22.7. The molecule has 0 aromatic heterocycles. The number of rotatable bonds is 6. The van der Waals surface area contributed by atoms with E-state index in [4.69, 9.17) is 0 Å². The molecule has 3 saturated heterocycles. The largest absolute Gasteiger partial charge is 0.369 e. The molecule has 7 nitrogen and oxygen atoms in total. The van der Waals surface area contributed by atoms with Crippen LogP contribution in [-0.4, -0.2) is 99.0 Å². The highest BCUT2D eigenvalue weighted by Gasteiger charge is 2.48. The molecule has 4 rings (SSSR count). The number of piperidine rings is 1. The molecule has 2 amide bonds. The number of piperazine rings is 1. The number of anilines is 1. The highest BCUT2D eigenvalue weighted by molar-refractivity contribution is 5.86. The van der Waals surface area contributed by atoms with Crippen molar-refractivity contribution >= 4 is 17.5 Å². The van der Waals surface area contributed by atoms with Crippen molar-refractivity contribution in [2.45, 2.75) is 31.7 Å². The Morgan fingerprint density at radius 3 is 2.38 bits per heavy atom. The molecule has 1 N–H and O–H groups in total. The lowest BCUT2D eigenvalue weighted by molar-refractivity contribution is -0.138. The van der Waals surface area contributed by atoms with Gasteiger partial charge in [0.05, 0.1) is 12.0 Å². The lowest BCUT2D eigenvalue weighted by Crippen LogP contribution is -2.48. The van der Waals surface area contributed by atoms with Gasteiger partial charge in [-0.3, -0.25) is 14.5 Å².